The second-order valence-corrected chi connectivity index (χ2v) is 6.52. The fraction of sp³-hybridized carbons (Fsp3) is 0.556. The highest BCUT2D eigenvalue weighted by Crippen LogP contribution is 2.47. The Morgan fingerprint density at radius 3 is 2.73 bits per heavy atom. The summed E-state index contributed by atoms with van der Waals surface area (Å²) in [5, 5.41) is 2.83. The van der Waals surface area contributed by atoms with Gasteiger partial charge in [0.1, 0.15) is 0 Å². The van der Waals surface area contributed by atoms with Gasteiger partial charge in [-0.05, 0) is 44.1 Å². The second-order valence-electron chi connectivity index (χ2n) is 6.52. The fourth-order valence-electron chi connectivity index (χ4n) is 3.30. The Hall–Kier alpha value is -1.84. The molecule has 1 heterocycles. The Morgan fingerprint density at radius 2 is 2.00 bits per heavy atom. The Labute approximate surface area is 131 Å². The number of piperidine rings is 1. The number of hydrogen-bond acceptors (Lipinski definition) is 2. The number of hydrogen-bond donors (Lipinski definition) is 1. The zero-order chi connectivity index (χ0) is 15.5. The summed E-state index contributed by atoms with van der Waals surface area (Å²) in [4.78, 5) is 26.1. The molecule has 0 aromatic heterocycles. The lowest BCUT2D eigenvalue weighted by molar-refractivity contribution is -0.133. The molecule has 4 heteroatoms. The molecule has 2 amide bonds. The number of carbonyl (C=O) groups excluding carboxylic acids is 2. The van der Waals surface area contributed by atoms with Gasteiger partial charge in [-0.15, -0.1) is 0 Å². The smallest absolute Gasteiger partial charge is 0.241 e. The van der Waals surface area contributed by atoms with E-state index in [1.165, 1.54) is 17.5 Å². The number of carbonyl (C=O) groups is 2. The van der Waals surface area contributed by atoms with Crippen LogP contribution < -0.4 is 5.32 Å². The van der Waals surface area contributed by atoms with E-state index in [0.29, 0.717) is 5.92 Å². The van der Waals surface area contributed by atoms with Crippen molar-refractivity contribution in [2.24, 2.45) is 5.92 Å². The van der Waals surface area contributed by atoms with Gasteiger partial charge in [-0.2, -0.15) is 0 Å². The van der Waals surface area contributed by atoms with Crippen LogP contribution in [0, 0.1) is 12.8 Å². The van der Waals surface area contributed by atoms with Crippen molar-refractivity contribution in [1.82, 2.24) is 10.2 Å². The van der Waals surface area contributed by atoms with E-state index < -0.39 is 0 Å². The lowest BCUT2D eigenvalue weighted by Crippen LogP contribution is -2.43. The molecule has 4 nitrogen and oxygen atoms in total. The van der Waals surface area contributed by atoms with Crippen LogP contribution in [0.1, 0.15) is 42.7 Å². The maximum atomic E-state index is 12.2. The standard InChI is InChI=1S/C18H24N2O2/c1-13-6-5-7-14(10-13)15-11-16(15)18(22)19-12-17(21)20-8-3-2-4-9-20/h5-7,10,15-16H,2-4,8-9,11-12H2,1H3,(H,19,22)/t15-,16-/m0/s1. The van der Waals surface area contributed by atoms with Gasteiger partial charge in [-0.25, -0.2) is 0 Å². The summed E-state index contributed by atoms with van der Waals surface area (Å²) in [6.45, 7) is 3.89. The molecule has 0 spiro atoms. The SMILES string of the molecule is Cc1cccc([C@@H]2C[C@@H]2C(=O)NCC(=O)N2CCCCC2)c1. The van der Waals surface area contributed by atoms with Gasteiger partial charge in [0.15, 0.2) is 0 Å². The molecule has 2 fully saturated rings. The first-order valence-electron chi connectivity index (χ1n) is 8.27. The van der Waals surface area contributed by atoms with Crippen molar-refractivity contribution >= 4 is 11.8 Å². The van der Waals surface area contributed by atoms with E-state index in [-0.39, 0.29) is 24.3 Å². The lowest BCUT2D eigenvalue weighted by atomic mass is 10.1. The fourth-order valence-corrected chi connectivity index (χ4v) is 3.30. The Balaban J connectivity index is 1.46. The summed E-state index contributed by atoms with van der Waals surface area (Å²) in [5.74, 6) is 0.443. The normalized spacial score (nSPS) is 24.0. The summed E-state index contributed by atoms with van der Waals surface area (Å²) < 4.78 is 0. The van der Waals surface area contributed by atoms with E-state index in [0.717, 1.165) is 32.4 Å². The molecule has 2 aliphatic rings. The largest absolute Gasteiger partial charge is 0.347 e. The molecule has 1 aliphatic heterocycles. The van der Waals surface area contributed by atoms with Gasteiger partial charge in [0.05, 0.1) is 6.54 Å². The van der Waals surface area contributed by atoms with Crippen LogP contribution in [0.4, 0.5) is 0 Å². The predicted molar refractivity (Wildman–Crippen MR) is 85.5 cm³/mol. The van der Waals surface area contributed by atoms with Crippen molar-refractivity contribution in [2.45, 2.75) is 38.5 Å². The first kappa shape index (κ1) is 15.1. The van der Waals surface area contributed by atoms with Gasteiger partial charge in [-0.1, -0.05) is 29.8 Å². The molecule has 3 rings (SSSR count). The maximum Gasteiger partial charge on any atom is 0.241 e. The predicted octanol–water partition coefficient (Wildman–Crippen LogP) is 2.23. The first-order valence-corrected chi connectivity index (χ1v) is 8.27. The van der Waals surface area contributed by atoms with Crippen molar-refractivity contribution in [1.29, 1.82) is 0 Å². The molecule has 1 aromatic carbocycles. The van der Waals surface area contributed by atoms with Crippen LogP contribution in [-0.4, -0.2) is 36.3 Å². The van der Waals surface area contributed by atoms with E-state index in [1.54, 1.807) is 0 Å². The third-order valence-electron chi connectivity index (χ3n) is 4.72. The van der Waals surface area contributed by atoms with Crippen LogP contribution in [0.2, 0.25) is 0 Å². The average molecular weight is 300 g/mol. The molecule has 1 saturated heterocycles. The third-order valence-corrected chi connectivity index (χ3v) is 4.72. The molecular weight excluding hydrogens is 276 g/mol. The highest BCUT2D eigenvalue weighted by Gasteiger charge is 2.43. The maximum absolute atomic E-state index is 12.2. The van der Waals surface area contributed by atoms with Crippen LogP contribution in [0.15, 0.2) is 24.3 Å². The minimum atomic E-state index is 0.0249. The topological polar surface area (TPSA) is 49.4 Å². The highest BCUT2D eigenvalue weighted by atomic mass is 16.2. The zero-order valence-corrected chi connectivity index (χ0v) is 13.2. The first-order chi connectivity index (χ1) is 10.6. The molecule has 1 aliphatic carbocycles. The Bertz CT molecular complexity index is 564. The minimum absolute atomic E-state index is 0.0249. The Morgan fingerprint density at radius 1 is 1.23 bits per heavy atom. The monoisotopic (exact) mass is 300 g/mol. The number of nitrogens with one attached hydrogen (secondary N) is 1. The van der Waals surface area contributed by atoms with Crippen LogP contribution in [0.25, 0.3) is 0 Å². The summed E-state index contributed by atoms with van der Waals surface area (Å²) >= 11 is 0. The van der Waals surface area contributed by atoms with Crippen molar-refractivity contribution in [3.8, 4) is 0 Å². The number of aryl methyl sites for hydroxylation is 1. The van der Waals surface area contributed by atoms with Gasteiger partial charge in [-0.3, -0.25) is 9.59 Å². The Kier molecular flexibility index (Phi) is 4.46. The number of benzene rings is 1. The average Bonchev–Trinajstić information content (AvgIpc) is 3.34. The van der Waals surface area contributed by atoms with Gasteiger partial charge in [0, 0.05) is 19.0 Å². The van der Waals surface area contributed by atoms with Crippen LogP contribution >= 0.6 is 0 Å². The van der Waals surface area contributed by atoms with Crippen LogP contribution in [-0.2, 0) is 9.59 Å². The molecule has 118 valence electrons. The van der Waals surface area contributed by atoms with Gasteiger partial charge in [0.2, 0.25) is 11.8 Å². The second kappa shape index (κ2) is 6.51. The summed E-state index contributed by atoms with van der Waals surface area (Å²) in [6.07, 6.45) is 4.26. The lowest BCUT2D eigenvalue weighted by Gasteiger charge is -2.26. The molecule has 1 N–H and O–H groups in total. The van der Waals surface area contributed by atoms with Crippen molar-refractivity contribution in [3.63, 3.8) is 0 Å². The van der Waals surface area contributed by atoms with E-state index in [9.17, 15) is 9.59 Å². The summed E-state index contributed by atoms with van der Waals surface area (Å²) in [6, 6.07) is 8.34. The van der Waals surface area contributed by atoms with Gasteiger partial charge < -0.3 is 10.2 Å². The van der Waals surface area contributed by atoms with E-state index >= 15 is 0 Å². The van der Waals surface area contributed by atoms with Gasteiger partial charge >= 0.3 is 0 Å². The summed E-state index contributed by atoms with van der Waals surface area (Å²) in [7, 11) is 0. The molecule has 1 saturated carbocycles. The molecular formula is C18H24N2O2. The number of rotatable bonds is 4. The van der Waals surface area contributed by atoms with E-state index in [1.807, 2.05) is 11.0 Å². The zero-order valence-electron chi connectivity index (χ0n) is 13.2. The number of likely N-dealkylation sites (tertiary alicyclic amines) is 1. The number of nitrogens with zero attached hydrogens (tertiary/aromatic N) is 1. The summed E-state index contributed by atoms with van der Waals surface area (Å²) in [5.41, 5.74) is 2.46. The molecule has 0 bridgehead atoms. The van der Waals surface area contributed by atoms with Crippen molar-refractivity contribution in [3.05, 3.63) is 35.4 Å². The van der Waals surface area contributed by atoms with Crippen molar-refractivity contribution in [2.75, 3.05) is 19.6 Å². The number of amides is 2. The minimum Gasteiger partial charge on any atom is -0.347 e. The molecule has 1 aromatic rings. The molecule has 0 unspecified atom stereocenters. The molecule has 22 heavy (non-hydrogen) atoms. The third kappa shape index (κ3) is 3.49. The van der Waals surface area contributed by atoms with Crippen LogP contribution in [0.5, 0.6) is 0 Å². The quantitative estimate of drug-likeness (QED) is 0.927. The molecule has 2 atom stereocenters. The highest BCUT2D eigenvalue weighted by molar-refractivity contribution is 5.88. The van der Waals surface area contributed by atoms with E-state index in [4.69, 9.17) is 0 Å². The molecule has 0 radical (unpaired) electrons. The van der Waals surface area contributed by atoms with E-state index in [2.05, 4.69) is 30.4 Å². The van der Waals surface area contributed by atoms with Crippen molar-refractivity contribution < 1.29 is 9.59 Å². The van der Waals surface area contributed by atoms with Crippen LogP contribution in [0.3, 0.4) is 0 Å². The van der Waals surface area contributed by atoms with Gasteiger partial charge in [0.25, 0.3) is 0 Å².